The summed E-state index contributed by atoms with van der Waals surface area (Å²) in [5.41, 5.74) is -0.279. The molecular formula is C12H12FN3O5S. The number of hydrogen-bond donors (Lipinski definition) is 1. The summed E-state index contributed by atoms with van der Waals surface area (Å²) < 4.78 is 45.3. The van der Waals surface area contributed by atoms with Crippen molar-refractivity contribution in [2.45, 2.75) is 25.2 Å². The van der Waals surface area contributed by atoms with E-state index in [4.69, 9.17) is 4.52 Å². The Bertz CT molecular complexity index is 831. The molecule has 10 heteroatoms. The Morgan fingerprint density at radius 2 is 2.14 bits per heavy atom. The van der Waals surface area contributed by atoms with Gasteiger partial charge in [-0.3, -0.25) is 14.8 Å². The number of nitrogens with one attached hydrogen (secondary N) is 1. The number of aryl methyl sites for hydroxylation is 2. The number of nitro groups is 1. The number of nitro benzene ring substituents is 1. The fraction of sp³-hybridized carbons (Fsp3) is 0.250. The van der Waals surface area contributed by atoms with Crippen molar-refractivity contribution in [3.8, 4) is 0 Å². The maximum absolute atomic E-state index is 13.6. The number of sulfonamides is 1. The second-order valence-electron chi connectivity index (χ2n) is 4.40. The lowest BCUT2D eigenvalue weighted by Gasteiger charge is -2.08. The van der Waals surface area contributed by atoms with E-state index in [0.29, 0.717) is 23.9 Å². The van der Waals surface area contributed by atoms with Crippen molar-refractivity contribution in [2.75, 3.05) is 4.72 Å². The molecule has 0 unspecified atom stereocenters. The zero-order valence-electron chi connectivity index (χ0n) is 11.7. The quantitative estimate of drug-likeness (QED) is 0.665. The van der Waals surface area contributed by atoms with Gasteiger partial charge in [0.25, 0.3) is 10.0 Å². The molecule has 0 radical (unpaired) electrons. The molecule has 0 aliphatic carbocycles. The fourth-order valence-corrected chi connectivity index (χ4v) is 2.94. The maximum atomic E-state index is 13.6. The minimum Gasteiger partial charge on any atom is -0.359 e. The molecule has 0 spiro atoms. The molecule has 0 aliphatic heterocycles. The molecule has 1 aromatic carbocycles. The minimum atomic E-state index is -4.12. The summed E-state index contributed by atoms with van der Waals surface area (Å²) in [4.78, 5) is 9.18. The number of benzene rings is 1. The minimum absolute atomic E-state index is 0.182. The molecule has 0 saturated carbocycles. The first-order valence-electron chi connectivity index (χ1n) is 6.18. The Balaban J connectivity index is 2.41. The van der Waals surface area contributed by atoms with Crippen molar-refractivity contribution in [3.63, 3.8) is 0 Å². The lowest BCUT2D eigenvalue weighted by Crippen LogP contribution is -2.14. The highest BCUT2D eigenvalue weighted by Crippen LogP contribution is 2.26. The Kier molecular flexibility index (Phi) is 4.13. The van der Waals surface area contributed by atoms with E-state index in [9.17, 15) is 22.9 Å². The number of halogens is 1. The van der Waals surface area contributed by atoms with Gasteiger partial charge in [-0.05, 0) is 13.0 Å². The highest BCUT2D eigenvalue weighted by Gasteiger charge is 2.23. The van der Waals surface area contributed by atoms with E-state index >= 15 is 0 Å². The molecule has 0 bridgehead atoms. The fourth-order valence-electron chi connectivity index (χ4n) is 1.78. The molecule has 8 nitrogen and oxygen atoms in total. The Morgan fingerprint density at radius 1 is 1.45 bits per heavy atom. The summed E-state index contributed by atoms with van der Waals surface area (Å²) in [7, 11) is -4.12. The van der Waals surface area contributed by atoms with Gasteiger partial charge in [0.15, 0.2) is 5.76 Å². The van der Waals surface area contributed by atoms with Crippen LogP contribution in [-0.2, 0) is 16.4 Å². The number of anilines is 1. The van der Waals surface area contributed by atoms with Crippen LogP contribution in [0, 0.1) is 22.9 Å². The summed E-state index contributed by atoms with van der Waals surface area (Å²) in [6, 6.07) is 2.35. The summed E-state index contributed by atoms with van der Waals surface area (Å²) >= 11 is 0. The van der Waals surface area contributed by atoms with Gasteiger partial charge in [0.05, 0.1) is 9.82 Å². The van der Waals surface area contributed by atoms with Crippen LogP contribution in [-0.4, -0.2) is 18.5 Å². The molecule has 0 aliphatic rings. The van der Waals surface area contributed by atoms with Crippen LogP contribution >= 0.6 is 0 Å². The molecule has 2 aromatic rings. The first-order chi connectivity index (χ1) is 10.3. The van der Waals surface area contributed by atoms with Gasteiger partial charge in [0.1, 0.15) is 11.4 Å². The Hall–Kier alpha value is -2.49. The van der Waals surface area contributed by atoms with E-state index in [1.54, 1.807) is 13.8 Å². The van der Waals surface area contributed by atoms with Gasteiger partial charge < -0.3 is 4.52 Å². The Morgan fingerprint density at radius 3 is 2.68 bits per heavy atom. The zero-order chi connectivity index (χ0) is 16.5. The first kappa shape index (κ1) is 15.9. The summed E-state index contributed by atoms with van der Waals surface area (Å²) in [5, 5.41) is 14.2. The summed E-state index contributed by atoms with van der Waals surface area (Å²) in [5.74, 6) is -0.894. The smallest absolute Gasteiger partial charge is 0.304 e. The van der Waals surface area contributed by atoms with Crippen LogP contribution in [0.5, 0.6) is 0 Å². The van der Waals surface area contributed by atoms with Gasteiger partial charge >= 0.3 is 5.69 Å². The largest absolute Gasteiger partial charge is 0.359 e. The van der Waals surface area contributed by atoms with Crippen LogP contribution in [0.15, 0.2) is 27.6 Å². The van der Waals surface area contributed by atoms with Crippen LogP contribution in [0.1, 0.15) is 18.4 Å². The maximum Gasteiger partial charge on any atom is 0.304 e. The topological polar surface area (TPSA) is 115 Å². The molecule has 1 N–H and O–H groups in total. The number of hydrogen-bond acceptors (Lipinski definition) is 6. The monoisotopic (exact) mass is 329 g/mol. The second-order valence-corrected chi connectivity index (χ2v) is 6.08. The molecule has 118 valence electrons. The van der Waals surface area contributed by atoms with Crippen LogP contribution in [0.25, 0.3) is 0 Å². The second kappa shape index (κ2) is 5.72. The molecule has 2 rings (SSSR count). The molecule has 0 fully saturated rings. The molecule has 22 heavy (non-hydrogen) atoms. The zero-order valence-corrected chi connectivity index (χ0v) is 12.5. The van der Waals surface area contributed by atoms with Crippen molar-refractivity contribution >= 4 is 21.4 Å². The number of aromatic nitrogens is 1. The van der Waals surface area contributed by atoms with Gasteiger partial charge in [-0.25, -0.2) is 8.42 Å². The van der Waals surface area contributed by atoms with Gasteiger partial charge in [-0.2, -0.15) is 4.39 Å². The highest BCUT2D eigenvalue weighted by atomic mass is 32.2. The molecular weight excluding hydrogens is 317 g/mol. The number of nitrogens with zero attached hydrogens (tertiary/aromatic N) is 2. The third-order valence-corrected chi connectivity index (χ3v) is 4.26. The van der Waals surface area contributed by atoms with E-state index in [1.165, 1.54) is 0 Å². The predicted octanol–water partition coefficient (Wildman–Crippen LogP) is 2.39. The average Bonchev–Trinajstić information content (AvgIpc) is 2.78. The summed E-state index contributed by atoms with van der Waals surface area (Å²) in [6.45, 7) is 3.31. The number of rotatable bonds is 5. The third-order valence-electron chi connectivity index (χ3n) is 2.92. The Labute approximate surface area is 125 Å². The van der Waals surface area contributed by atoms with Crippen LogP contribution in [0.2, 0.25) is 0 Å². The van der Waals surface area contributed by atoms with Crippen molar-refractivity contribution in [1.82, 2.24) is 5.16 Å². The lowest BCUT2D eigenvalue weighted by molar-refractivity contribution is -0.387. The van der Waals surface area contributed by atoms with Crippen LogP contribution in [0.3, 0.4) is 0 Å². The van der Waals surface area contributed by atoms with Crippen LogP contribution in [0.4, 0.5) is 15.8 Å². The van der Waals surface area contributed by atoms with Crippen molar-refractivity contribution in [2.24, 2.45) is 0 Å². The summed E-state index contributed by atoms with van der Waals surface area (Å²) in [6.07, 6.45) is 0.410. The standard InChI is InChI=1S/C12H12FN3O5S/c1-3-11-12(7(2)14-21-11)15-22(19,20)8-4-5-10(16(17)18)9(13)6-8/h4-6,15H,3H2,1-2H3. The predicted molar refractivity (Wildman–Crippen MR) is 74.5 cm³/mol. The van der Waals surface area contributed by atoms with Crippen molar-refractivity contribution < 1.29 is 22.3 Å². The molecule has 0 amide bonds. The van der Waals surface area contributed by atoms with E-state index in [1.807, 2.05) is 0 Å². The van der Waals surface area contributed by atoms with Gasteiger partial charge in [0.2, 0.25) is 5.82 Å². The van der Waals surface area contributed by atoms with Crippen molar-refractivity contribution in [3.05, 3.63) is 45.6 Å². The molecule has 1 heterocycles. The first-order valence-corrected chi connectivity index (χ1v) is 7.66. The lowest BCUT2D eigenvalue weighted by atomic mass is 10.3. The highest BCUT2D eigenvalue weighted by molar-refractivity contribution is 7.92. The van der Waals surface area contributed by atoms with Crippen LogP contribution < -0.4 is 4.72 Å². The van der Waals surface area contributed by atoms with Gasteiger partial charge in [0, 0.05) is 18.6 Å². The van der Waals surface area contributed by atoms with E-state index in [2.05, 4.69) is 9.88 Å². The average molecular weight is 329 g/mol. The van der Waals surface area contributed by atoms with E-state index in [-0.39, 0.29) is 5.69 Å². The molecule has 1 aromatic heterocycles. The molecule has 0 atom stereocenters. The third kappa shape index (κ3) is 2.91. The van der Waals surface area contributed by atoms with Crippen molar-refractivity contribution in [1.29, 1.82) is 0 Å². The van der Waals surface area contributed by atoms with Gasteiger partial charge in [-0.15, -0.1) is 0 Å². The SMILES string of the molecule is CCc1onc(C)c1NS(=O)(=O)c1ccc([N+](=O)[O-])c(F)c1. The van der Waals surface area contributed by atoms with E-state index < -0.39 is 31.3 Å². The van der Waals surface area contributed by atoms with Gasteiger partial charge in [-0.1, -0.05) is 12.1 Å². The molecule has 0 saturated heterocycles. The normalized spacial score (nSPS) is 11.4. The van der Waals surface area contributed by atoms with E-state index in [0.717, 1.165) is 12.1 Å².